The van der Waals surface area contributed by atoms with Gasteiger partial charge in [0.05, 0.1) is 12.8 Å². The maximum Gasteiger partial charge on any atom is 0.216 e. The van der Waals surface area contributed by atoms with Crippen LogP contribution in [0.4, 0.5) is 0 Å². The first-order valence-corrected chi connectivity index (χ1v) is 9.28. The third-order valence-electron chi connectivity index (χ3n) is 3.80. The Morgan fingerprint density at radius 3 is 2.56 bits per heavy atom. The van der Waals surface area contributed by atoms with Crippen molar-refractivity contribution >= 4 is 18.4 Å². The van der Waals surface area contributed by atoms with Gasteiger partial charge in [0.1, 0.15) is 18.1 Å². The first-order valence-electron chi connectivity index (χ1n) is 8.87. The maximum absolute atomic E-state index is 5.72. The van der Waals surface area contributed by atoms with E-state index in [-0.39, 0.29) is 6.61 Å². The van der Waals surface area contributed by atoms with Crippen molar-refractivity contribution in [3.8, 4) is 11.5 Å². The molecule has 0 spiro atoms. The normalized spacial score (nSPS) is 11.0. The molecule has 0 amide bonds. The Balaban J connectivity index is 1.64. The number of aromatic amines is 1. The van der Waals surface area contributed by atoms with Gasteiger partial charge in [-0.1, -0.05) is 31.5 Å². The van der Waals surface area contributed by atoms with Crippen LogP contribution in [0.25, 0.3) is 0 Å². The van der Waals surface area contributed by atoms with Crippen molar-refractivity contribution in [2.75, 3.05) is 6.61 Å². The van der Waals surface area contributed by atoms with Crippen molar-refractivity contribution in [3.63, 3.8) is 0 Å². The Hall–Kier alpha value is -2.93. The van der Waals surface area contributed by atoms with Crippen molar-refractivity contribution in [1.82, 2.24) is 14.9 Å². The number of hydrogen-bond donors (Lipinski definition) is 1. The van der Waals surface area contributed by atoms with Crippen LogP contribution in [0.15, 0.2) is 59.7 Å². The largest absolute Gasteiger partial charge is 0.494 e. The summed E-state index contributed by atoms with van der Waals surface area (Å²) in [7, 11) is 0. The summed E-state index contributed by atoms with van der Waals surface area (Å²) >= 11 is 5.25. The lowest BCUT2D eigenvalue weighted by Gasteiger charge is -2.05. The van der Waals surface area contributed by atoms with E-state index in [4.69, 9.17) is 21.7 Å². The molecular weight excluding hydrogens is 360 g/mol. The summed E-state index contributed by atoms with van der Waals surface area (Å²) in [6.07, 6.45) is 3.90. The quantitative estimate of drug-likeness (QED) is 0.334. The molecule has 0 fully saturated rings. The number of nitrogens with one attached hydrogen (secondary N) is 1. The molecule has 0 aliphatic heterocycles. The fourth-order valence-corrected chi connectivity index (χ4v) is 2.51. The monoisotopic (exact) mass is 382 g/mol. The van der Waals surface area contributed by atoms with E-state index in [1.54, 1.807) is 10.9 Å². The molecule has 0 saturated carbocycles. The van der Waals surface area contributed by atoms with Crippen LogP contribution < -0.4 is 9.47 Å². The van der Waals surface area contributed by atoms with Gasteiger partial charge in [-0.2, -0.15) is 14.9 Å². The zero-order valence-electron chi connectivity index (χ0n) is 15.2. The topological polar surface area (TPSA) is 64.4 Å². The highest BCUT2D eigenvalue weighted by molar-refractivity contribution is 7.71. The number of nitrogens with zero attached hydrogens (tertiary/aromatic N) is 3. The molecule has 27 heavy (non-hydrogen) atoms. The number of benzene rings is 2. The van der Waals surface area contributed by atoms with Crippen LogP contribution in [0.1, 0.15) is 31.2 Å². The third kappa shape index (κ3) is 5.52. The van der Waals surface area contributed by atoms with Crippen molar-refractivity contribution in [2.24, 2.45) is 5.10 Å². The van der Waals surface area contributed by atoms with Gasteiger partial charge in [0, 0.05) is 0 Å². The maximum atomic E-state index is 5.72. The van der Waals surface area contributed by atoms with E-state index in [9.17, 15) is 0 Å². The van der Waals surface area contributed by atoms with Gasteiger partial charge in [-0.25, -0.2) is 5.10 Å². The third-order valence-corrected chi connectivity index (χ3v) is 4.06. The van der Waals surface area contributed by atoms with E-state index < -0.39 is 0 Å². The standard InChI is InChI=1S/C20H22N4O2S/c1-2-3-13-25-18-11-9-16(10-12-18)14-21-24-19(22-23-20(24)27)15-26-17-7-5-4-6-8-17/h4-12,14H,2-3,13,15H2,1H3,(H,23,27)/b21-14-. The second-order valence-corrected chi connectivity index (χ2v) is 6.26. The van der Waals surface area contributed by atoms with Gasteiger partial charge < -0.3 is 9.47 Å². The second kappa shape index (κ2) is 9.68. The number of hydrogen-bond acceptors (Lipinski definition) is 5. The average molecular weight is 382 g/mol. The van der Waals surface area contributed by atoms with E-state index in [1.165, 1.54) is 0 Å². The van der Waals surface area contributed by atoms with E-state index in [0.29, 0.717) is 10.6 Å². The summed E-state index contributed by atoms with van der Waals surface area (Å²) in [4.78, 5) is 0. The number of unbranched alkanes of at least 4 members (excludes halogenated alkanes) is 1. The minimum absolute atomic E-state index is 0.263. The predicted octanol–water partition coefficient (Wildman–Crippen LogP) is 4.58. The van der Waals surface area contributed by atoms with E-state index >= 15 is 0 Å². The summed E-state index contributed by atoms with van der Waals surface area (Å²) < 4.78 is 13.4. The Bertz CT molecular complexity index is 917. The highest BCUT2D eigenvalue weighted by atomic mass is 32.1. The molecule has 0 atom stereocenters. The van der Waals surface area contributed by atoms with Crippen molar-refractivity contribution < 1.29 is 9.47 Å². The van der Waals surface area contributed by atoms with Crippen molar-refractivity contribution in [2.45, 2.75) is 26.4 Å². The Labute approximate surface area is 163 Å². The summed E-state index contributed by atoms with van der Waals surface area (Å²) in [5, 5.41) is 11.4. The van der Waals surface area contributed by atoms with Gasteiger partial charge in [-0.3, -0.25) is 0 Å². The summed E-state index contributed by atoms with van der Waals surface area (Å²) in [6.45, 7) is 3.14. The lowest BCUT2D eigenvalue weighted by molar-refractivity contribution is 0.290. The second-order valence-electron chi connectivity index (χ2n) is 5.87. The first-order chi connectivity index (χ1) is 13.3. The molecule has 7 heteroatoms. The van der Waals surface area contributed by atoms with Crippen molar-refractivity contribution in [3.05, 3.63) is 70.8 Å². The zero-order chi connectivity index (χ0) is 18.9. The van der Waals surface area contributed by atoms with Crippen LogP contribution in [0, 0.1) is 4.77 Å². The molecule has 2 aromatic carbocycles. The number of para-hydroxylation sites is 1. The minimum atomic E-state index is 0.263. The van der Waals surface area contributed by atoms with Gasteiger partial charge >= 0.3 is 0 Å². The number of rotatable bonds is 9. The fourth-order valence-electron chi connectivity index (χ4n) is 2.31. The van der Waals surface area contributed by atoms with E-state index in [2.05, 4.69) is 22.2 Å². The molecule has 0 aliphatic rings. The number of ether oxygens (including phenoxy) is 2. The van der Waals surface area contributed by atoms with Gasteiger partial charge in [-0.05, 0) is 60.6 Å². The molecule has 1 aromatic heterocycles. The Kier molecular flexibility index (Phi) is 6.76. The first kappa shape index (κ1) is 18.8. The molecule has 0 bridgehead atoms. The molecule has 140 valence electrons. The summed E-state index contributed by atoms with van der Waals surface area (Å²) in [5.74, 6) is 2.22. The smallest absolute Gasteiger partial charge is 0.216 e. The average Bonchev–Trinajstić information content (AvgIpc) is 3.06. The van der Waals surface area contributed by atoms with Crippen LogP contribution in [0.3, 0.4) is 0 Å². The lowest BCUT2D eigenvalue weighted by atomic mass is 10.2. The molecule has 3 rings (SSSR count). The molecule has 1 heterocycles. The van der Waals surface area contributed by atoms with Gasteiger partial charge in [0.25, 0.3) is 0 Å². The van der Waals surface area contributed by atoms with Crippen LogP contribution in [0.2, 0.25) is 0 Å². The Morgan fingerprint density at radius 2 is 1.81 bits per heavy atom. The van der Waals surface area contributed by atoms with E-state index in [1.807, 2.05) is 54.6 Å². The summed E-state index contributed by atoms with van der Waals surface area (Å²) in [6, 6.07) is 17.3. The van der Waals surface area contributed by atoms with Gasteiger partial charge in [0.2, 0.25) is 4.77 Å². The van der Waals surface area contributed by atoms with Gasteiger partial charge in [-0.15, -0.1) is 0 Å². The predicted molar refractivity (Wildman–Crippen MR) is 108 cm³/mol. The number of aromatic nitrogens is 3. The van der Waals surface area contributed by atoms with Crippen LogP contribution in [-0.4, -0.2) is 27.7 Å². The van der Waals surface area contributed by atoms with Crippen LogP contribution in [0.5, 0.6) is 11.5 Å². The minimum Gasteiger partial charge on any atom is -0.494 e. The molecule has 0 saturated heterocycles. The fraction of sp³-hybridized carbons (Fsp3) is 0.250. The molecule has 0 unspecified atom stereocenters. The number of H-pyrrole nitrogens is 1. The molecule has 0 radical (unpaired) electrons. The SMILES string of the molecule is CCCCOc1ccc(/C=N\n2c(COc3ccccc3)n[nH]c2=S)cc1. The summed E-state index contributed by atoms with van der Waals surface area (Å²) in [5.41, 5.74) is 0.941. The molecule has 0 aliphatic carbocycles. The molecular formula is C20H22N4O2S. The van der Waals surface area contributed by atoms with Crippen LogP contribution >= 0.6 is 12.2 Å². The highest BCUT2D eigenvalue weighted by Crippen LogP contribution is 2.13. The molecule has 3 aromatic rings. The lowest BCUT2D eigenvalue weighted by Crippen LogP contribution is -2.04. The van der Waals surface area contributed by atoms with Crippen molar-refractivity contribution in [1.29, 1.82) is 0 Å². The Morgan fingerprint density at radius 1 is 1.07 bits per heavy atom. The highest BCUT2D eigenvalue weighted by Gasteiger charge is 2.06. The molecule has 1 N–H and O–H groups in total. The van der Waals surface area contributed by atoms with Crippen LogP contribution in [-0.2, 0) is 6.61 Å². The molecule has 6 nitrogen and oxygen atoms in total. The zero-order valence-corrected chi connectivity index (χ0v) is 16.0. The van der Waals surface area contributed by atoms with Gasteiger partial charge in [0.15, 0.2) is 5.82 Å². The van der Waals surface area contributed by atoms with E-state index in [0.717, 1.165) is 36.5 Å².